The number of carbonyl (C=O) groups is 1. The lowest BCUT2D eigenvalue weighted by Crippen LogP contribution is -2.59. The Kier molecular flexibility index (Phi) is 13.6. The van der Waals surface area contributed by atoms with E-state index in [1.807, 2.05) is 12.1 Å². The molecule has 1 atom stereocenters. The van der Waals surface area contributed by atoms with E-state index in [1.165, 1.54) is 55.6 Å². The van der Waals surface area contributed by atoms with Crippen LogP contribution in [0.2, 0.25) is 5.02 Å². The van der Waals surface area contributed by atoms with Gasteiger partial charge in [0.05, 0.1) is 40.0 Å². The number of carbonyl (C=O) groups excluding carboxylic acids is 1. The average molecular weight is 748 g/mol. The van der Waals surface area contributed by atoms with Crippen LogP contribution in [0, 0.1) is 34.0 Å². The molecule has 19 heteroatoms. The smallest absolute Gasteiger partial charge is 0.258 e. The molecule has 0 spiro atoms. The van der Waals surface area contributed by atoms with Crippen molar-refractivity contribution in [2.45, 2.75) is 40.1 Å². The van der Waals surface area contributed by atoms with Crippen LogP contribution in [0.5, 0.6) is 5.75 Å². The Labute approximate surface area is 290 Å². The number of halogens is 1. The summed E-state index contributed by atoms with van der Waals surface area (Å²) in [4.78, 5) is 13.3. The van der Waals surface area contributed by atoms with Gasteiger partial charge in [-0.25, -0.2) is 30.0 Å². The molecule has 258 valence electrons. The van der Waals surface area contributed by atoms with Crippen LogP contribution in [0.15, 0.2) is 87.5 Å². The lowest BCUT2D eigenvalue weighted by molar-refractivity contribution is -0.123. The molecular weight excluding hydrogens is 718 g/mol. The van der Waals surface area contributed by atoms with Crippen molar-refractivity contribution >= 4 is 53.3 Å². The maximum Gasteiger partial charge on any atom is 0.258 e. The molecule has 3 aromatic rings. The van der Waals surface area contributed by atoms with Gasteiger partial charge < -0.3 is 10.1 Å². The van der Waals surface area contributed by atoms with E-state index in [4.69, 9.17) is 21.6 Å². The topological polar surface area (TPSA) is 231 Å². The molecule has 0 aliphatic carbocycles. The summed E-state index contributed by atoms with van der Waals surface area (Å²) in [5, 5.41) is 30.2. The van der Waals surface area contributed by atoms with Crippen LogP contribution in [-0.2, 0) is 34.9 Å². The number of nitrogens with one attached hydrogen (secondary N) is 2. The van der Waals surface area contributed by atoms with Crippen molar-refractivity contribution in [3.63, 3.8) is 0 Å². The Bertz CT molecular complexity index is 2080. The highest BCUT2D eigenvalue weighted by atomic mass is 35.5. The van der Waals surface area contributed by atoms with Crippen LogP contribution in [-0.4, -0.2) is 72.7 Å². The van der Waals surface area contributed by atoms with Crippen LogP contribution in [0.25, 0.3) is 0 Å². The summed E-state index contributed by atoms with van der Waals surface area (Å²) in [6, 6.07) is 20.0. The van der Waals surface area contributed by atoms with Crippen molar-refractivity contribution in [2.24, 2.45) is 0 Å². The fourth-order valence-electron chi connectivity index (χ4n) is 4.35. The van der Waals surface area contributed by atoms with Gasteiger partial charge in [0.15, 0.2) is 6.17 Å². The highest BCUT2D eigenvalue weighted by molar-refractivity contribution is 7.90. The van der Waals surface area contributed by atoms with Gasteiger partial charge in [0, 0.05) is 49.6 Å². The molecule has 49 heavy (non-hydrogen) atoms. The molecule has 0 heterocycles. The third-order valence-electron chi connectivity index (χ3n) is 6.72. The summed E-state index contributed by atoms with van der Waals surface area (Å²) in [5.41, 5.74) is -0.0443. The number of sulfonamides is 3. The Morgan fingerprint density at radius 1 is 0.735 bits per heavy atom. The lowest BCUT2D eigenvalue weighted by Gasteiger charge is -2.36. The Balaban J connectivity index is 2.20. The van der Waals surface area contributed by atoms with E-state index in [1.54, 1.807) is 6.07 Å². The first-order valence-electron chi connectivity index (χ1n) is 14.2. The summed E-state index contributed by atoms with van der Waals surface area (Å²) >= 11 is 5.96. The van der Waals surface area contributed by atoms with Crippen LogP contribution in [0.1, 0.15) is 19.3 Å². The van der Waals surface area contributed by atoms with E-state index in [9.17, 15) is 40.6 Å². The van der Waals surface area contributed by atoms with Crippen molar-refractivity contribution in [3.05, 3.63) is 77.8 Å². The SMILES string of the molecule is COc1ccc(S(=O)(=O)N(CCC#N)C(C(=O)Nc2ccc(S(=O)(=O)NCCC#N)cc2)N(CCC#N)S(=O)(=O)c2ccc(Cl)cc2)cc1. The van der Waals surface area contributed by atoms with E-state index < -0.39 is 68.1 Å². The molecule has 0 aliphatic rings. The van der Waals surface area contributed by atoms with Gasteiger partial charge >= 0.3 is 0 Å². The lowest BCUT2D eigenvalue weighted by atomic mass is 10.3. The number of methoxy groups -OCH3 is 1. The highest BCUT2D eigenvalue weighted by Crippen LogP contribution is 2.29. The first-order valence-corrected chi connectivity index (χ1v) is 18.9. The van der Waals surface area contributed by atoms with E-state index >= 15 is 0 Å². The monoisotopic (exact) mass is 747 g/mol. The van der Waals surface area contributed by atoms with Crippen molar-refractivity contribution in [2.75, 3.05) is 32.1 Å². The summed E-state index contributed by atoms with van der Waals surface area (Å²) in [6.07, 6.45) is -3.20. The van der Waals surface area contributed by atoms with Crippen LogP contribution in [0.4, 0.5) is 5.69 Å². The van der Waals surface area contributed by atoms with Crippen molar-refractivity contribution in [1.29, 1.82) is 15.8 Å². The molecule has 1 unspecified atom stereocenters. The molecule has 0 bridgehead atoms. The maximum absolute atomic E-state index is 14.2. The van der Waals surface area contributed by atoms with E-state index in [0.29, 0.717) is 14.4 Å². The Morgan fingerprint density at radius 3 is 1.63 bits per heavy atom. The molecule has 0 aromatic heterocycles. The minimum absolute atomic E-state index is 0.0443. The fourth-order valence-corrected chi connectivity index (χ4v) is 8.67. The number of amides is 1. The van der Waals surface area contributed by atoms with Gasteiger partial charge in [-0.05, 0) is 72.8 Å². The molecule has 3 aromatic carbocycles. The zero-order chi connectivity index (χ0) is 36.2. The number of rotatable bonds is 17. The average Bonchev–Trinajstić information content (AvgIpc) is 3.08. The summed E-state index contributed by atoms with van der Waals surface area (Å²) < 4.78 is 90.2. The molecule has 0 saturated heterocycles. The van der Waals surface area contributed by atoms with Gasteiger partial charge in [-0.1, -0.05) is 11.6 Å². The highest BCUT2D eigenvalue weighted by Gasteiger charge is 2.45. The molecule has 1 amide bonds. The number of nitrogens with zero attached hydrogens (tertiary/aromatic N) is 5. The predicted octanol–water partition coefficient (Wildman–Crippen LogP) is 3.01. The van der Waals surface area contributed by atoms with Crippen LogP contribution >= 0.6 is 11.6 Å². The molecule has 0 saturated carbocycles. The van der Waals surface area contributed by atoms with Crippen molar-refractivity contribution in [1.82, 2.24) is 13.3 Å². The number of anilines is 1. The normalized spacial score (nSPS) is 12.4. The summed E-state index contributed by atoms with van der Waals surface area (Å²) in [7, 11) is -12.1. The molecular formula is C30H30ClN7O8S3. The van der Waals surface area contributed by atoms with E-state index in [0.717, 1.165) is 24.3 Å². The number of nitriles is 3. The zero-order valence-corrected chi connectivity index (χ0v) is 29.1. The number of benzene rings is 3. The number of ether oxygens (including phenoxy) is 1. The summed E-state index contributed by atoms with van der Waals surface area (Å²) in [5.74, 6) is -0.892. The first kappa shape index (κ1) is 38.9. The Hall–Kier alpha value is -4.58. The summed E-state index contributed by atoms with van der Waals surface area (Å²) in [6.45, 7) is -1.43. The third-order valence-corrected chi connectivity index (χ3v) is 12.2. The molecule has 0 fully saturated rings. The second kappa shape index (κ2) is 17.2. The van der Waals surface area contributed by atoms with Gasteiger partial charge in [0.25, 0.3) is 5.91 Å². The van der Waals surface area contributed by atoms with Gasteiger partial charge in [-0.3, -0.25) is 4.79 Å². The van der Waals surface area contributed by atoms with Gasteiger partial charge in [-0.15, -0.1) is 0 Å². The van der Waals surface area contributed by atoms with Gasteiger partial charge in [0.1, 0.15) is 5.75 Å². The third kappa shape index (κ3) is 9.75. The molecule has 0 radical (unpaired) electrons. The van der Waals surface area contributed by atoms with E-state index in [2.05, 4.69) is 10.0 Å². The standard InChI is InChI=1S/C30H30ClN7O8S3/c1-46-25-9-15-28(16-10-25)49(44,45)38(22-4-19-34)30(37(21-3-18-33)48(42,43)27-11-5-23(31)6-12-27)29(39)36-24-7-13-26(14-8-24)47(40,41)35-20-2-17-32/h5-16,30,35H,2-4,20-22H2,1H3,(H,36,39). The molecule has 0 aliphatic heterocycles. The quantitative estimate of drug-likeness (QED) is 0.151. The van der Waals surface area contributed by atoms with E-state index in [-0.39, 0.29) is 38.4 Å². The minimum atomic E-state index is -4.75. The first-order chi connectivity index (χ1) is 23.2. The van der Waals surface area contributed by atoms with Gasteiger partial charge in [0.2, 0.25) is 30.1 Å². The van der Waals surface area contributed by atoms with Gasteiger partial charge in [-0.2, -0.15) is 24.4 Å². The minimum Gasteiger partial charge on any atom is -0.497 e. The second-order valence-corrected chi connectivity index (χ2v) is 15.9. The largest absolute Gasteiger partial charge is 0.497 e. The fraction of sp³-hybridized carbons (Fsp3) is 0.267. The zero-order valence-electron chi connectivity index (χ0n) is 25.9. The number of hydrogen-bond acceptors (Lipinski definition) is 11. The molecule has 3 rings (SSSR count). The number of hydrogen-bond donors (Lipinski definition) is 2. The van der Waals surface area contributed by atoms with Crippen molar-refractivity contribution in [3.8, 4) is 24.0 Å². The Morgan fingerprint density at radius 2 is 1.18 bits per heavy atom. The predicted molar refractivity (Wildman–Crippen MR) is 177 cm³/mol. The van der Waals surface area contributed by atoms with Crippen molar-refractivity contribution < 1.29 is 34.8 Å². The van der Waals surface area contributed by atoms with Crippen LogP contribution < -0.4 is 14.8 Å². The molecule has 2 N–H and O–H groups in total. The van der Waals surface area contributed by atoms with Crippen LogP contribution in [0.3, 0.4) is 0 Å². The maximum atomic E-state index is 14.2. The molecule has 15 nitrogen and oxygen atoms in total. The second-order valence-electron chi connectivity index (χ2n) is 9.87.